The molecule has 0 aliphatic carbocycles. The van der Waals surface area contributed by atoms with Gasteiger partial charge in [0.15, 0.2) is 5.82 Å². The maximum Gasteiger partial charge on any atom is 0.306 e. The maximum atomic E-state index is 11.3. The van der Waals surface area contributed by atoms with Gasteiger partial charge in [0.25, 0.3) is 0 Å². The van der Waals surface area contributed by atoms with Crippen LogP contribution in [0.4, 0.5) is 11.6 Å². The van der Waals surface area contributed by atoms with Crippen molar-refractivity contribution in [1.82, 2.24) is 19.9 Å². The van der Waals surface area contributed by atoms with Crippen molar-refractivity contribution in [3.8, 4) is 0 Å². The summed E-state index contributed by atoms with van der Waals surface area (Å²) in [6.45, 7) is 1.76. The number of carbonyl (C=O) groups is 4. The molecule has 0 aliphatic heterocycles. The third kappa shape index (κ3) is 17.7. The van der Waals surface area contributed by atoms with Crippen LogP contribution in [0.3, 0.4) is 0 Å². The van der Waals surface area contributed by atoms with Crippen LogP contribution >= 0.6 is 43.5 Å². The van der Waals surface area contributed by atoms with Crippen LogP contribution in [0.2, 0.25) is 0 Å². The number of esters is 1. The van der Waals surface area contributed by atoms with Crippen LogP contribution in [-0.2, 0) is 23.9 Å². The van der Waals surface area contributed by atoms with E-state index in [0.29, 0.717) is 33.7 Å². The van der Waals surface area contributed by atoms with Crippen molar-refractivity contribution in [2.24, 2.45) is 0 Å². The van der Waals surface area contributed by atoms with E-state index in [0.717, 1.165) is 0 Å². The predicted molar refractivity (Wildman–Crippen MR) is 129 cm³/mol. The van der Waals surface area contributed by atoms with Gasteiger partial charge in [0.05, 0.1) is 38.3 Å². The monoisotopic (exact) mass is 608 g/mol. The van der Waals surface area contributed by atoms with Gasteiger partial charge in [-0.3, -0.25) is 19.2 Å². The number of amides is 1. The number of methoxy groups -OCH3 is 1. The second kappa shape index (κ2) is 18.0. The largest absolute Gasteiger partial charge is 0.469 e. The van der Waals surface area contributed by atoms with Crippen LogP contribution < -0.4 is 11.1 Å². The molecule has 0 aliphatic rings. The van der Waals surface area contributed by atoms with Crippen molar-refractivity contribution in [2.45, 2.75) is 39.0 Å². The minimum absolute atomic E-state index is 0.0479. The Balaban J connectivity index is 0.000000510. The Morgan fingerprint density at radius 1 is 0.939 bits per heavy atom. The second-order valence-corrected chi connectivity index (χ2v) is 7.91. The fourth-order valence-electron chi connectivity index (χ4n) is 1.64. The Hall–Kier alpha value is -2.51. The number of aromatic nitrogens is 4. The molecule has 0 atom stereocenters. The van der Waals surface area contributed by atoms with Gasteiger partial charge >= 0.3 is 5.97 Å². The van der Waals surface area contributed by atoms with Crippen LogP contribution in [0.5, 0.6) is 0 Å². The van der Waals surface area contributed by atoms with Crippen LogP contribution in [0.15, 0.2) is 34.0 Å². The standard InChI is InChI=1S/C9H10BrN3O3.C6H9ClO2.C4H4BrN3/c1-16-9(15)3-2-8(14)13-7-5-11-6(10)4-12-7;1-2-5(8)3-4-6(7)9;5-3-1-8-4(6)2-7-3/h4-5H,2-3H2,1H3,(H,12,13,14);2-4H2,1H3;1-2H,(H2,6,8). The lowest BCUT2D eigenvalue weighted by Crippen LogP contribution is -2.14. The highest BCUT2D eigenvalue weighted by molar-refractivity contribution is 9.10. The summed E-state index contributed by atoms with van der Waals surface area (Å²) in [5.41, 5.74) is 5.23. The number of carbonyl (C=O) groups excluding carboxylic acids is 4. The average Bonchev–Trinajstić information content (AvgIpc) is 2.80. The van der Waals surface area contributed by atoms with E-state index in [4.69, 9.17) is 17.3 Å². The van der Waals surface area contributed by atoms with E-state index in [1.807, 2.05) is 0 Å². The molecule has 0 radical (unpaired) electrons. The molecule has 33 heavy (non-hydrogen) atoms. The number of ketones is 1. The SMILES string of the molecule is CCC(=O)CCC(=O)Cl.COC(=O)CCC(=O)Nc1cnc(Br)cn1.Nc1cnc(Br)cn1. The van der Waals surface area contributed by atoms with Crippen molar-refractivity contribution < 1.29 is 23.9 Å². The fourth-order valence-corrected chi connectivity index (χ4v) is 2.14. The van der Waals surface area contributed by atoms with Crippen molar-refractivity contribution in [3.05, 3.63) is 34.0 Å². The molecule has 2 aromatic rings. The summed E-state index contributed by atoms with van der Waals surface area (Å²) in [5.74, 6) is 0.148. The topological polar surface area (TPSA) is 167 Å². The van der Waals surface area contributed by atoms with Crippen molar-refractivity contribution in [2.75, 3.05) is 18.2 Å². The van der Waals surface area contributed by atoms with E-state index in [1.54, 1.807) is 13.1 Å². The first-order valence-corrected chi connectivity index (χ1v) is 11.3. The van der Waals surface area contributed by atoms with Gasteiger partial charge in [0, 0.05) is 25.7 Å². The first-order chi connectivity index (χ1) is 15.6. The van der Waals surface area contributed by atoms with E-state index < -0.39 is 11.2 Å². The number of ether oxygens (including phenoxy) is 1. The van der Waals surface area contributed by atoms with Gasteiger partial charge in [-0.25, -0.2) is 19.9 Å². The molecule has 0 saturated heterocycles. The summed E-state index contributed by atoms with van der Waals surface area (Å²) >= 11 is 11.2. The number of rotatable bonds is 8. The van der Waals surface area contributed by atoms with Crippen LogP contribution in [0.25, 0.3) is 0 Å². The highest BCUT2D eigenvalue weighted by atomic mass is 79.9. The number of anilines is 2. The molecular formula is C19H23Br2ClN6O5. The summed E-state index contributed by atoms with van der Waals surface area (Å²) in [5, 5.41) is 2.07. The number of nitrogens with two attached hydrogens (primary N) is 1. The number of nitrogen functional groups attached to an aromatic ring is 1. The molecule has 0 aromatic carbocycles. The predicted octanol–water partition coefficient (Wildman–Crippen LogP) is 3.46. The molecule has 2 aromatic heterocycles. The highest BCUT2D eigenvalue weighted by Crippen LogP contribution is 2.07. The number of hydrogen-bond acceptors (Lipinski definition) is 10. The molecule has 2 heterocycles. The number of hydrogen-bond donors (Lipinski definition) is 2. The lowest BCUT2D eigenvalue weighted by Gasteiger charge is -2.02. The third-order valence-corrected chi connectivity index (χ3v) is 4.31. The van der Waals surface area contributed by atoms with Crippen molar-refractivity contribution >= 4 is 78.0 Å². The van der Waals surface area contributed by atoms with E-state index >= 15 is 0 Å². The summed E-state index contributed by atoms with van der Waals surface area (Å²) in [7, 11) is 1.28. The van der Waals surface area contributed by atoms with Gasteiger partial charge in [-0.15, -0.1) is 0 Å². The number of Topliss-reactive ketones (excluding diaryl/α,β-unsaturated/α-hetero) is 1. The first kappa shape index (κ1) is 30.5. The molecule has 1 amide bonds. The van der Waals surface area contributed by atoms with E-state index in [2.05, 4.69) is 61.8 Å². The van der Waals surface area contributed by atoms with Crippen LogP contribution in [0.1, 0.15) is 39.0 Å². The Labute approximate surface area is 212 Å². The van der Waals surface area contributed by atoms with E-state index in [1.165, 1.54) is 25.7 Å². The summed E-state index contributed by atoms with van der Waals surface area (Å²) in [6.07, 6.45) is 6.99. The first-order valence-electron chi connectivity index (χ1n) is 9.34. The minimum Gasteiger partial charge on any atom is -0.469 e. The van der Waals surface area contributed by atoms with Gasteiger partial charge in [-0.2, -0.15) is 0 Å². The zero-order chi connectivity index (χ0) is 25.2. The summed E-state index contributed by atoms with van der Waals surface area (Å²) < 4.78 is 5.70. The van der Waals surface area contributed by atoms with Gasteiger partial charge in [0.2, 0.25) is 11.1 Å². The van der Waals surface area contributed by atoms with E-state index in [9.17, 15) is 19.2 Å². The Morgan fingerprint density at radius 3 is 1.97 bits per heavy atom. The fraction of sp³-hybridized carbons (Fsp3) is 0.368. The molecule has 0 saturated carbocycles. The molecule has 0 bridgehead atoms. The lowest BCUT2D eigenvalue weighted by molar-refractivity contribution is -0.141. The third-order valence-electron chi connectivity index (χ3n) is 3.31. The normalized spacial score (nSPS) is 9.36. The van der Waals surface area contributed by atoms with Crippen LogP contribution in [0, 0.1) is 0 Å². The Morgan fingerprint density at radius 2 is 1.55 bits per heavy atom. The van der Waals surface area contributed by atoms with Gasteiger partial charge in [-0.05, 0) is 43.5 Å². The number of nitrogens with one attached hydrogen (secondary N) is 1. The summed E-state index contributed by atoms with van der Waals surface area (Å²) in [6, 6.07) is 0. The Bertz CT molecular complexity index is 880. The van der Waals surface area contributed by atoms with Gasteiger partial charge in [-0.1, -0.05) is 6.92 Å². The maximum absolute atomic E-state index is 11.3. The smallest absolute Gasteiger partial charge is 0.306 e. The number of halogens is 3. The minimum atomic E-state index is -0.434. The van der Waals surface area contributed by atoms with Crippen molar-refractivity contribution in [1.29, 1.82) is 0 Å². The summed E-state index contributed by atoms with van der Waals surface area (Å²) in [4.78, 5) is 58.0. The zero-order valence-electron chi connectivity index (χ0n) is 17.9. The van der Waals surface area contributed by atoms with Crippen molar-refractivity contribution in [3.63, 3.8) is 0 Å². The zero-order valence-corrected chi connectivity index (χ0v) is 21.8. The average molecular weight is 611 g/mol. The molecule has 3 N–H and O–H groups in total. The van der Waals surface area contributed by atoms with Crippen LogP contribution in [-0.4, -0.2) is 49.9 Å². The molecule has 0 spiro atoms. The molecular weight excluding hydrogens is 588 g/mol. The van der Waals surface area contributed by atoms with Gasteiger partial charge < -0.3 is 15.8 Å². The molecule has 11 nitrogen and oxygen atoms in total. The molecule has 14 heteroatoms. The van der Waals surface area contributed by atoms with E-state index in [-0.39, 0.29) is 31.0 Å². The quantitative estimate of drug-likeness (QED) is 0.334. The molecule has 180 valence electrons. The van der Waals surface area contributed by atoms with Gasteiger partial charge in [0.1, 0.15) is 20.8 Å². The molecule has 0 fully saturated rings. The molecule has 2 rings (SSSR count). The second-order valence-electron chi connectivity index (χ2n) is 5.86. The highest BCUT2D eigenvalue weighted by Gasteiger charge is 2.07. The molecule has 0 unspecified atom stereocenters. The lowest BCUT2D eigenvalue weighted by atomic mass is 10.2. The number of nitrogens with zero attached hydrogens (tertiary/aromatic N) is 4. The Kier molecular flexibility index (Phi) is 16.6.